The summed E-state index contributed by atoms with van der Waals surface area (Å²) in [5.74, 6) is 2.01. The lowest BCUT2D eigenvalue weighted by molar-refractivity contribution is -0.116. The van der Waals surface area contributed by atoms with Crippen molar-refractivity contribution in [1.82, 2.24) is 15.2 Å². The molecule has 0 spiro atoms. The van der Waals surface area contributed by atoms with Gasteiger partial charge in [-0.3, -0.25) is 9.78 Å². The highest BCUT2D eigenvalue weighted by molar-refractivity contribution is 7.80. The molecule has 1 aliphatic heterocycles. The van der Waals surface area contributed by atoms with Gasteiger partial charge in [0.05, 0.1) is 24.5 Å². The predicted molar refractivity (Wildman–Crippen MR) is 143 cm³/mol. The minimum Gasteiger partial charge on any atom is -0.495 e. The molecule has 2 N–H and O–H groups in total. The number of furan rings is 1. The standard InChI is InChI=1S/C28H26N4O3S/c1-34-23-13-6-5-11-20(23)30-25(33)16-18-32-27(26(31-28(32)36)21-12-7-8-17-29-21)24-15-14-22(35-24)19-9-3-2-4-10-19/h2-15,17,26-27H,16,18H2,1H3,(H,30,33)(H,31,36)/t26-,27+/m1/s1. The van der Waals surface area contributed by atoms with E-state index in [9.17, 15) is 4.79 Å². The summed E-state index contributed by atoms with van der Waals surface area (Å²) in [7, 11) is 1.58. The van der Waals surface area contributed by atoms with Crippen LogP contribution in [0.5, 0.6) is 5.75 Å². The number of para-hydroxylation sites is 2. The highest BCUT2D eigenvalue weighted by atomic mass is 32.1. The number of nitrogens with one attached hydrogen (secondary N) is 2. The molecule has 0 unspecified atom stereocenters. The Bertz CT molecular complexity index is 1340. The number of hydrogen-bond donors (Lipinski definition) is 2. The van der Waals surface area contributed by atoms with E-state index in [0.717, 1.165) is 22.8 Å². The summed E-state index contributed by atoms with van der Waals surface area (Å²) in [5, 5.41) is 6.88. The number of ether oxygens (including phenoxy) is 1. The second-order valence-electron chi connectivity index (χ2n) is 8.39. The Kier molecular flexibility index (Phi) is 6.95. The molecular formula is C28H26N4O3S. The molecule has 36 heavy (non-hydrogen) atoms. The zero-order valence-corrected chi connectivity index (χ0v) is 20.6. The van der Waals surface area contributed by atoms with Crippen LogP contribution in [0.4, 0.5) is 5.69 Å². The number of aromatic nitrogens is 1. The quantitative estimate of drug-likeness (QED) is 0.317. The van der Waals surface area contributed by atoms with Gasteiger partial charge in [-0.2, -0.15) is 0 Å². The molecule has 3 heterocycles. The van der Waals surface area contributed by atoms with E-state index in [1.807, 2.05) is 89.8 Å². The molecule has 1 aliphatic rings. The molecule has 2 atom stereocenters. The lowest BCUT2D eigenvalue weighted by atomic mass is 10.0. The maximum absolute atomic E-state index is 12.8. The van der Waals surface area contributed by atoms with Gasteiger partial charge < -0.3 is 24.7 Å². The molecule has 8 heteroatoms. The summed E-state index contributed by atoms with van der Waals surface area (Å²) in [6.45, 7) is 0.405. The molecule has 0 radical (unpaired) electrons. The van der Waals surface area contributed by atoms with Gasteiger partial charge in [-0.1, -0.05) is 48.5 Å². The van der Waals surface area contributed by atoms with E-state index in [-0.39, 0.29) is 24.4 Å². The van der Waals surface area contributed by atoms with Crippen LogP contribution in [0.1, 0.15) is 30.0 Å². The number of carbonyl (C=O) groups is 1. The van der Waals surface area contributed by atoms with Crippen LogP contribution in [0.15, 0.2) is 95.5 Å². The van der Waals surface area contributed by atoms with Crippen molar-refractivity contribution >= 4 is 28.9 Å². The topological polar surface area (TPSA) is 79.6 Å². The van der Waals surface area contributed by atoms with E-state index in [2.05, 4.69) is 15.6 Å². The van der Waals surface area contributed by atoms with Crippen LogP contribution in [-0.4, -0.2) is 34.6 Å². The molecule has 0 saturated carbocycles. The zero-order valence-electron chi connectivity index (χ0n) is 19.8. The molecule has 0 aliphatic carbocycles. The van der Waals surface area contributed by atoms with E-state index in [4.69, 9.17) is 21.4 Å². The van der Waals surface area contributed by atoms with Crippen molar-refractivity contribution in [1.29, 1.82) is 0 Å². The van der Waals surface area contributed by atoms with E-state index in [1.165, 1.54) is 0 Å². The van der Waals surface area contributed by atoms with Crippen molar-refractivity contribution in [2.45, 2.75) is 18.5 Å². The lowest BCUT2D eigenvalue weighted by Crippen LogP contribution is -2.32. The Labute approximate surface area is 215 Å². The molecule has 1 saturated heterocycles. The van der Waals surface area contributed by atoms with Crippen molar-refractivity contribution in [2.24, 2.45) is 0 Å². The molecule has 4 aromatic rings. The van der Waals surface area contributed by atoms with Crippen LogP contribution in [0.25, 0.3) is 11.3 Å². The monoisotopic (exact) mass is 498 g/mol. The van der Waals surface area contributed by atoms with Crippen molar-refractivity contribution in [3.8, 4) is 17.1 Å². The molecule has 1 amide bonds. The van der Waals surface area contributed by atoms with Crippen molar-refractivity contribution in [3.05, 3.63) is 103 Å². The van der Waals surface area contributed by atoms with Crippen LogP contribution >= 0.6 is 12.2 Å². The van der Waals surface area contributed by atoms with Gasteiger partial charge in [0.25, 0.3) is 0 Å². The first-order valence-electron chi connectivity index (χ1n) is 11.7. The van der Waals surface area contributed by atoms with E-state index in [0.29, 0.717) is 23.1 Å². The maximum atomic E-state index is 12.8. The number of carbonyl (C=O) groups excluding carboxylic acids is 1. The van der Waals surface area contributed by atoms with Crippen LogP contribution in [0.2, 0.25) is 0 Å². The van der Waals surface area contributed by atoms with Gasteiger partial charge in [-0.05, 0) is 48.6 Å². The number of pyridine rings is 1. The number of nitrogens with zero attached hydrogens (tertiary/aromatic N) is 2. The summed E-state index contributed by atoms with van der Waals surface area (Å²) >= 11 is 5.71. The third-order valence-electron chi connectivity index (χ3n) is 6.14. The van der Waals surface area contributed by atoms with Gasteiger partial charge in [0.15, 0.2) is 5.11 Å². The smallest absolute Gasteiger partial charge is 0.226 e. The second-order valence-corrected chi connectivity index (χ2v) is 8.77. The van der Waals surface area contributed by atoms with E-state index in [1.54, 1.807) is 13.3 Å². The normalized spacial score (nSPS) is 17.0. The Morgan fingerprint density at radius 3 is 2.61 bits per heavy atom. The number of methoxy groups -OCH3 is 1. The molecule has 1 fully saturated rings. The average molecular weight is 499 g/mol. The summed E-state index contributed by atoms with van der Waals surface area (Å²) in [6, 6.07) is 26.5. The fourth-order valence-electron chi connectivity index (χ4n) is 4.41. The minimum atomic E-state index is -0.260. The Morgan fingerprint density at radius 1 is 1.06 bits per heavy atom. The summed E-state index contributed by atoms with van der Waals surface area (Å²) < 4.78 is 11.7. The number of thiocarbonyl (C=S) groups is 1. The number of amides is 1. The Morgan fingerprint density at radius 2 is 1.83 bits per heavy atom. The van der Waals surface area contributed by atoms with Gasteiger partial charge >= 0.3 is 0 Å². The minimum absolute atomic E-state index is 0.133. The first kappa shape index (κ1) is 23.6. The van der Waals surface area contributed by atoms with Crippen LogP contribution in [0.3, 0.4) is 0 Å². The fourth-order valence-corrected chi connectivity index (χ4v) is 4.74. The number of benzene rings is 2. The SMILES string of the molecule is COc1ccccc1NC(=O)CCN1C(=S)N[C@H](c2ccccn2)[C@@H]1c1ccc(-c2ccccc2)o1. The van der Waals surface area contributed by atoms with Gasteiger partial charge in [-0.15, -0.1) is 0 Å². The van der Waals surface area contributed by atoms with Crippen LogP contribution in [-0.2, 0) is 4.79 Å². The Hall–Kier alpha value is -4.17. The molecule has 2 aromatic heterocycles. The van der Waals surface area contributed by atoms with Gasteiger partial charge in [0.1, 0.15) is 23.3 Å². The number of rotatable bonds is 8. The summed E-state index contributed by atoms with van der Waals surface area (Å²) in [6.07, 6.45) is 2.00. The van der Waals surface area contributed by atoms with E-state index >= 15 is 0 Å². The van der Waals surface area contributed by atoms with Gasteiger partial charge in [0.2, 0.25) is 5.91 Å². The number of hydrogen-bond acceptors (Lipinski definition) is 5. The summed E-state index contributed by atoms with van der Waals surface area (Å²) in [4.78, 5) is 19.4. The van der Waals surface area contributed by atoms with Crippen molar-refractivity contribution in [3.63, 3.8) is 0 Å². The summed E-state index contributed by atoms with van der Waals surface area (Å²) in [5.41, 5.74) is 2.48. The third-order valence-corrected chi connectivity index (χ3v) is 6.49. The largest absolute Gasteiger partial charge is 0.495 e. The van der Waals surface area contributed by atoms with Gasteiger partial charge in [-0.25, -0.2) is 0 Å². The molecule has 182 valence electrons. The molecule has 5 rings (SSSR count). The fraction of sp³-hybridized carbons (Fsp3) is 0.179. The highest BCUT2D eigenvalue weighted by Crippen LogP contribution is 2.40. The molecular weight excluding hydrogens is 472 g/mol. The Balaban J connectivity index is 1.39. The predicted octanol–water partition coefficient (Wildman–Crippen LogP) is 5.35. The van der Waals surface area contributed by atoms with Crippen LogP contribution in [0, 0.1) is 0 Å². The molecule has 0 bridgehead atoms. The maximum Gasteiger partial charge on any atom is 0.226 e. The average Bonchev–Trinajstić information content (AvgIpc) is 3.53. The van der Waals surface area contributed by atoms with Crippen molar-refractivity contribution in [2.75, 3.05) is 19.0 Å². The zero-order chi connectivity index (χ0) is 24.9. The second kappa shape index (κ2) is 10.6. The van der Waals surface area contributed by atoms with E-state index < -0.39 is 0 Å². The van der Waals surface area contributed by atoms with Crippen LogP contribution < -0.4 is 15.4 Å². The first-order valence-corrected chi connectivity index (χ1v) is 12.1. The molecule has 7 nitrogen and oxygen atoms in total. The highest BCUT2D eigenvalue weighted by Gasteiger charge is 2.41. The lowest BCUT2D eigenvalue weighted by Gasteiger charge is -2.26. The van der Waals surface area contributed by atoms with Gasteiger partial charge in [0, 0.05) is 24.7 Å². The van der Waals surface area contributed by atoms with Crippen molar-refractivity contribution < 1.29 is 13.9 Å². The first-order chi connectivity index (χ1) is 17.6. The number of anilines is 1. The third kappa shape index (κ3) is 4.94. The molecule has 2 aromatic carbocycles.